The van der Waals surface area contributed by atoms with Crippen molar-refractivity contribution in [3.05, 3.63) is 29.3 Å². The van der Waals surface area contributed by atoms with E-state index in [1.165, 1.54) is 22.9 Å². The summed E-state index contributed by atoms with van der Waals surface area (Å²) in [7, 11) is 0. The quantitative estimate of drug-likeness (QED) is 0.854. The number of rotatable bonds is 4. The van der Waals surface area contributed by atoms with Crippen molar-refractivity contribution >= 4 is 22.8 Å². The van der Waals surface area contributed by atoms with Gasteiger partial charge < -0.3 is 9.64 Å². The number of thioether (sulfide) groups is 1. The molecular formula is C16H19NO3S. The smallest absolute Gasteiger partial charge is 0.223 e. The van der Waals surface area contributed by atoms with E-state index in [4.69, 9.17) is 4.74 Å². The molecule has 2 aliphatic rings. The molecule has 0 saturated carbocycles. The summed E-state index contributed by atoms with van der Waals surface area (Å²) in [5.74, 6) is 1.16. The Hall–Kier alpha value is -1.49. The topological polar surface area (TPSA) is 46.6 Å². The number of carbonyl (C=O) groups is 2. The molecule has 1 atom stereocenters. The fourth-order valence-electron chi connectivity index (χ4n) is 2.93. The second-order valence-electron chi connectivity index (χ2n) is 5.57. The SMILES string of the molecule is CC(=O)SC1CC(=O)N(CCc2ccc3c(c2)CCO3)C1. The predicted octanol–water partition coefficient (Wildman–Crippen LogP) is 2.04. The Morgan fingerprint density at radius 3 is 3.14 bits per heavy atom. The molecule has 5 heteroatoms. The Balaban J connectivity index is 1.55. The third-order valence-electron chi connectivity index (χ3n) is 3.94. The van der Waals surface area contributed by atoms with Gasteiger partial charge in [0, 0.05) is 38.1 Å². The zero-order valence-corrected chi connectivity index (χ0v) is 12.9. The van der Waals surface area contributed by atoms with Crippen molar-refractivity contribution in [1.29, 1.82) is 0 Å². The summed E-state index contributed by atoms with van der Waals surface area (Å²) >= 11 is 1.29. The molecule has 0 bridgehead atoms. The lowest BCUT2D eigenvalue weighted by Crippen LogP contribution is -2.28. The maximum atomic E-state index is 12.0. The fourth-order valence-corrected chi connectivity index (χ4v) is 3.87. The number of amides is 1. The molecule has 0 radical (unpaired) electrons. The molecule has 1 saturated heterocycles. The minimum atomic E-state index is 0.0910. The Bertz CT molecular complexity index is 573. The lowest BCUT2D eigenvalue weighted by Gasteiger charge is -2.16. The highest BCUT2D eigenvalue weighted by Gasteiger charge is 2.30. The van der Waals surface area contributed by atoms with Gasteiger partial charge >= 0.3 is 0 Å². The Kier molecular flexibility index (Phi) is 4.19. The summed E-state index contributed by atoms with van der Waals surface area (Å²) < 4.78 is 5.50. The van der Waals surface area contributed by atoms with Gasteiger partial charge in [-0.15, -0.1) is 0 Å². The van der Waals surface area contributed by atoms with Crippen molar-refractivity contribution < 1.29 is 14.3 Å². The van der Waals surface area contributed by atoms with Gasteiger partial charge in [-0.25, -0.2) is 0 Å². The van der Waals surface area contributed by atoms with E-state index in [-0.39, 0.29) is 16.3 Å². The van der Waals surface area contributed by atoms with Gasteiger partial charge in [0.05, 0.1) is 6.61 Å². The van der Waals surface area contributed by atoms with E-state index in [2.05, 4.69) is 12.1 Å². The van der Waals surface area contributed by atoms with Crippen molar-refractivity contribution in [2.24, 2.45) is 0 Å². The maximum absolute atomic E-state index is 12.0. The first-order valence-electron chi connectivity index (χ1n) is 7.31. The van der Waals surface area contributed by atoms with Crippen LogP contribution in [0.15, 0.2) is 18.2 Å². The van der Waals surface area contributed by atoms with Crippen LogP contribution in [-0.4, -0.2) is 40.9 Å². The van der Waals surface area contributed by atoms with E-state index in [1.807, 2.05) is 11.0 Å². The van der Waals surface area contributed by atoms with Gasteiger partial charge in [-0.2, -0.15) is 0 Å². The maximum Gasteiger partial charge on any atom is 0.223 e. The number of hydrogen-bond donors (Lipinski definition) is 0. The van der Waals surface area contributed by atoms with Crippen LogP contribution in [0, 0.1) is 0 Å². The second-order valence-corrected chi connectivity index (χ2v) is 7.04. The fraction of sp³-hybridized carbons (Fsp3) is 0.500. The van der Waals surface area contributed by atoms with Gasteiger partial charge in [-0.05, 0) is 23.6 Å². The van der Waals surface area contributed by atoms with E-state index in [9.17, 15) is 9.59 Å². The summed E-state index contributed by atoms with van der Waals surface area (Å²) in [6, 6.07) is 6.29. The van der Waals surface area contributed by atoms with Crippen molar-refractivity contribution in [2.45, 2.75) is 31.4 Å². The molecule has 0 N–H and O–H groups in total. The molecule has 1 aromatic rings. The van der Waals surface area contributed by atoms with Crippen LogP contribution in [0.3, 0.4) is 0 Å². The number of nitrogens with zero attached hydrogens (tertiary/aromatic N) is 1. The van der Waals surface area contributed by atoms with Crippen LogP contribution in [0.1, 0.15) is 24.5 Å². The summed E-state index contributed by atoms with van der Waals surface area (Å²) in [6.45, 7) is 3.75. The number of ether oxygens (including phenoxy) is 1. The van der Waals surface area contributed by atoms with Crippen LogP contribution in [0.25, 0.3) is 0 Å². The highest BCUT2D eigenvalue weighted by Crippen LogP contribution is 2.27. The first kappa shape index (κ1) is 14.4. The lowest BCUT2D eigenvalue weighted by molar-refractivity contribution is -0.127. The standard InChI is InChI=1S/C16H19NO3S/c1-11(18)21-14-9-16(19)17(10-14)6-4-12-2-3-15-13(8-12)5-7-20-15/h2-3,8,14H,4-7,9-10H2,1H3. The zero-order valence-electron chi connectivity index (χ0n) is 12.1. The minimum absolute atomic E-state index is 0.0910. The minimum Gasteiger partial charge on any atom is -0.493 e. The Morgan fingerprint density at radius 1 is 1.48 bits per heavy atom. The highest BCUT2D eigenvalue weighted by molar-refractivity contribution is 8.14. The van der Waals surface area contributed by atoms with Crippen LogP contribution in [0.2, 0.25) is 0 Å². The van der Waals surface area contributed by atoms with E-state index < -0.39 is 0 Å². The van der Waals surface area contributed by atoms with Crippen LogP contribution in [0.5, 0.6) is 5.75 Å². The summed E-state index contributed by atoms with van der Waals surface area (Å²) in [4.78, 5) is 25.0. The number of carbonyl (C=O) groups excluding carboxylic acids is 2. The van der Waals surface area contributed by atoms with Crippen LogP contribution >= 0.6 is 11.8 Å². The number of likely N-dealkylation sites (tertiary alicyclic amines) is 1. The van der Waals surface area contributed by atoms with Gasteiger partial charge in [0.15, 0.2) is 5.12 Å². The lowest BCUT2D eigenvalue weighted by atomic mass is 10.1. The molecule has 21 heavy (non-hydrogen) atoms. The van der Waals surface area contributed by atoms with Gasteiger partial charge in [-0.3, -0.25) is 9.59 Å². The molecule has 1 unspecified atom stereocenters. The first-order chi connectivity index (χ1) is 10.1. The largest absolute Gasteiger partial charge is 0.493 e. The number of fused-ring (bicyclic) bond motifs is 1. The summed E-state index contributed by atoms with van der Waals surface area (Å²) in [5.41, 5.74) is 2.51. The first-order valence-corrected chi connectivity index (χ1v) is 8.19. The molecule has 0 aromatic heterocycles. The molecule has 2 heterocycles. The average molecular weight is 305 g/mol. The van der Waals surface area contributed by atoms with Crippen LogP contribution in [-0.2, 0) is 22.4 Å². The molecule has 0 aliphatic carbocycles. The molecule has 0 spiro atoms. The monoisotopic (exact) mass is 305 g/mol. The number of benzene rings is 1. The molecular weight excluding hydrogens is 286 g/mol. The van der Waals surface area contributed by atoms with Crippen molar-refractivity contribution in [1.82, 2.24) is 4.90 Å². The molecule has 112 valence electrons. The molecule has 1 aromatic carbocycles. The Morgan fingerprint density at radius 2 is 2.33 bits per heavy atom. The van der Waals surface area contributed by atoms with E-state index in [0.717, 1.165) is 31.7 Å². The van der Waals surface area contributed by atoms with Crippen LogP contribution < -0.4 is 4.74 Å². The van der Waals surface area contributed by atoms with Crippen molar-refractivity contribution in [2.75, 3.05) is 19.7 Å². The normalized spacial score (nSPS) is 20.5. The molecule has 4 nitrogen and oxygen atoms in total. The third-order valence-corrected chi connectivity index (χ3v) is 4.92. The third kappa shape index (κ3) is 3.40. The van der Waals surface area contributed by atoms with E-state index >= 15 is 0 Å². The number of hydrogen-bond acceptors (Lipinski definition) is 4. The highest BCUT2D eigenvalue weighted by atomic mass is 32.2. The van der Waals surface area contributed by atoms with Gasteiger partial charge in [0.2, 0.25) is 5.91 Å². The second kappa shape index (κ2) is 6.10. The van der Waals surface area contributed by atoms with Gasteiger partial charge in [0.1, 0.15) is 5.75 Å². The van der Waals surface area contributed by atoms with Crippen molar-refractivity contribution in [3.63, 3.8) is 0 Å². The van der Waals surface area contributed by atoms with Crippen LogP contribution in [0.4, 0.5) is 0 Å². The van der Waals surface area contributed by atoms with Gasteiger partial charge in [0.25, 0.3) is 0 Å². The Labute approximate surface area is 128 Å². The molecule has 2 aliphatic heterocycles. The zero-order chi connectivity index (χ0) is 14.8. The summed E-state index contributed by atoms with van der Waals surface area (Å²) in [5, 5.41) is 0.219. The average Bonchev–Trinajstić information content (AvgIpc) is 3.01. The summed E-state index contributed by atoms with van der Waals surface area (Å²) in [6.07, 6.45) is 2.32. The predicted molar refractivity (Wildman–Crippen MR) is 82.6 cm³/mol. The molecule has 1 fully saturated rings. The molecule has 3 rings (SSSR count). The van der Waals surface area contributed by atoms with E-state index in [1.54, 1.807) is 6.92 Å². The van der Waals surface area contributed by atoms with Crippen molar-refractivity contribution in [3.8, 4) is 5.75 Å². The van der Waals surface area contributed by atoms with Gasteiger partial charge in [-0.1, -0.05) is 23.9 Å². The van der Waals surface area contributed by atoms with E-state index in [0.29, 0.717) is 13.0 Å². The molecule has 1 amide bonds.